The van der Waals surface area contributed by atoms with Crippen molar-refractivity contribution >= 4 is 40.0 Å². The van der Waals surface area contributed by atoms with Crippen molar-refractivity contribution in [3.63, 3.8) is 0 Å². The van der Waals surface area contributed by atoms with Crippen molar-refractivity contribution in [1.29, 1.82) is 0 Å². The molecule has 154 valence electrons. The highest BCUT2D eigenvalue weighted by Gasteiger charge is 2.25. The third-order valence-corrected chi connectivity index (χ3v) is 6.29. The first-order valence-electron chi connectivity index (χ1n) is 9.10. The number of aliphatic imine (C=N–C) groups is 1. The zero-order valence-electron chi connectivity index (χ0n) is 16.1. The summed E-state index contributed by atoms with van der Waals surface area (Å²) in [6, 6.07) is 7.08. The first kappa shape index (κ1) is 24.1. The molecular formula is C18H31IN4O3S. The van der Waals surface area contributed by atoms with Crippen molar-refractivity contribution < 1.29 is 13.2 Å². The van der Waals surface area contributed by atoms with Gasteiger partial charge in [-0.15, -0.1) is 24.0 Å². The number of nitrogens with zero attached hydrogens (tertiary/aromatic N) is 2. The van der Waals surface area contributed by atoms with E-state index in [0.717, 1.165) is 37.8 Å². The van der Waals surface area contributed by atoms with Crippen LogP contribution in [0.15, 0.2) is 34.2 Å². The molecule has 1 aliphatic heterocycles. The van der Waals surface area contributed by atoms with Gasteiger partial charge in [0.25, 0.3) is 0 Å². The molecule has 0 unspecified atom stereocenters. The number of guanidine groups is 1. The number of nitrogens with one attached hydrogen (secondary N) is 2. The second-order valence-electron chi connectivity index (χ2n) is 6.31. The highest BCUT2D eigenvalue weighted by atomic mass is 127. The average Bonchev–Trinajstić information content (AvgIpc) is 2.68. The molecule has 0 saturated carbocycles. The molecule has 27 heavy (non-hydrogen) atoms. The number of sulfonamides is 1. The maximum absolute atomic E-state index is 12.7. The molecule has 0 atom stereocenters. The standard InChI is InChI=1S/C18H30N4O3S.HI/c1-19-18(20-11-6-14-25-2)21-15-16-7-9-17(10-8-16)26(23,24)22-12-4-3-5-13-22;/h7-10H,3-6,11-15H2,1-2H3,(H2,19,20,21);1H. The molecule has 1 aromatic rings. The van der Waals surface area contributed by atoms with Crippen LogP contribution in [0.3, 0.4) is 0 Å². The van der Waals surface area contributed by atoms with E-state index >= 15 is 0 Å². The van der Waals surface area contributed by atoms with Gasteiger partial charge in [-0.1, -0.05) is 18.6 Å². The van der Waals surface area contributed by atoms with Gasteiger partial charge in [0.1, 0.15) is 0 Å². The van der Waals surface area contributed by atoms with E-state index in [2.05, 4.69) is 15.6 Å². The van der Waals surface area contributed by atoms with E-state index in [-0.39, 0.29) is 24.0 Å². The summed E-state index contributed by atoms with van der Waals surface area (Å²) in [4.78, 5) is 4.54. The summed E-state index contributed by atoms with van der Waals surface area (Å²) in [5, 5.41) is 6.43. The Morgan fingerprint density at radius 2 is 1.81 bits per heavy atom. The Hall–Kier alpha value is -0.910. The van der Waals surface area contributed by atoms with E-state index in [1.54, 1.807) is 30.6 Å². The van der Waals surface area contributed by atoms with Crippen molar-refractivity contribution in [2.24, 2.45) is 4.99 Å². The van der Waals surface area contributed by atoms with E-state index in [4.69, 9.17) is 4.74 Å². The number of piperidine rings is 1. The summed E-state index contributed by atoms with van der Waals surface area (Å²) in [5.74, 6) is 0.714. The lowest BCUT2D eigenvalue weighted by Crippen LogP contribution is -2.37. The first-order valence-corrected chi connectivity index (χ1v) is 10.5. The zero-order chi connectivity index (χ0) is 18.8. The minimum Gasteiger partial charge on any atom is -0.385 e. The highest BCUT2D eigenvalue weighted by molar-refractivity contribution is 14.0. The minimum atomic E-state index is -3.37. The lowest BCUT2D eigenvalue weighted by molar-refractivity contribution is 0.195. The summed E-state index contributed by atoms with van der Waals surface area (Å²) in [6.07, 6.45) is 3.90. The Bertz CT molecular complexity index is 674. The van der Waals surface area contributed by atoms with E-state index in [9.17, 15) is 8.42 Å². The van der Waals surface area contributed by atoms with Crippen LogP contribution in [0.2, 0.25) is 0 Å². The summed E-state index contributed by atoms with van der Waals surface area (Å²) >= 11 is 0. The predicted molar refractivity (Wildman–Crippen MR) is 119 cm³/mol. The number of halogens is 1. The predicted octanol–water partition coefficient (Wildman–Crippen LogP) is 2.18. The van der Waals surface area contributed by atoms with Crippen LogP contribution in [-0.4, -0.2) is 59.1 Å². The number of methoxy groups -OCH3 is 1. The molecule has 2 rings (SSSR count). The molecule has 0 radical (unpaired) electrons. The molecule has 0 spiro atoms. The quantitative estimate of drug-likeness (QED) is 0.243. The summed E-state index contributed by atoms with van der Waals surface area (Å²) in [7, 11) is 0.0377. The molecule has 1 fully saturated rings. The van der Waals surface area contributed by atoms with Gasteiger partial charge >= 0.3 is 0 Å². The van der Waals surface area contributed by atoms with Gasteiger partial charge in [0.2, 0.25) is 10.0 Å². The SMILES string of the molecule is CN=C(NCCCOC)NCc1ccc(S(=O)(=O)N2CCCCC2)cc1.I. The van der Waals surface area contributed by atoms with E-state index in [1.807, 2.05) is 12.1 Å². The summed E-state index contributed by atoms with van der Waals surface area (Å²) in [6.45, 7) is 3.30. The fourth-order valence-electron chi connectivity index (χ4n) is 2.86. The van der Waals surface area contributed by atoms with Crippen LogP contribution in [0.5, 0.6) is 0 Å². The normalized spacial score (nSPS) is 15.9. The van der Waals surface area contributed by atoms with Gasteiger partial charge in [0.05, 0.1) is 4.90 Å². The van der Waals surface area contributed by atoms with Crippen LogP contribution in [-0.2, 0) is 21.3 Å². The molecule has 0 bridgehead atoms. The number of benzene rings is 1. The molecule has 1 aliphatic rings. The number of rotatable bonds is 8. The Labute approximate surface area is 180 Å². The van der Waals surface area contributed by atoms with Crippen molar-refractivity contribution in [2.75, 3.05) is 40.4 Å². The third kappa shape index (κ3) is 7.55. The molecular weight excluding hydrogens is 479 g/mol. The highest BCUT2D eigenvalue weighted by Crippen LogP contribution is 2.20. The molecule has 0 aromatic heterocycles. The van der Waals surface area contributed by atoms with Crippen LogP contribution < -0.4 is 10.6 Å². The molecule has 1 saturated heterocycles. The lowest BCUT2D eigenvalue weighted by atomic mass is 10.2. The number of hydrogen-bond donors (Lipinski definition) is 2. The molecule has 2 N–H and O–H groups in total. The molecule has 0 aliphatic carbocycles. The van der Waals surface area contributed by atoms with Crippen molar-refractivity contribution in [3.05, 3.63) is 29.8 Å². The van der Waals surface area contributed by atoms with Crippen LogP contribution in [0.1, 0.15) is 31.2 Å². The fraction of sp³-hybridized carbons (Fsp3) is 0.611. The fourth-order valence-corrected chi connectivity index (χ4v) is 4.38. The van der Waals surface area contributed by atoms with Gasteiger partial charge in [0, 0.05) is 46.9 Å². The average molecular weight is 510 g/mol. The van der Waals surface area contributed by atoms with Crippen LogP contribution in [0.4, 0.5) is 0 Å². The van der Waals surface area contributed by atoms with Gasteiger partial charge in [-0.2, -0.15) is 4.31 Å². The van der Waals surface area contributed by atoms with Crippen molar-refractivity contribution in [1.82, 2.24) is 14.9 Å². The second kappa shape index (κ2) is 12.5. The van der Waals surface area contributed by atoms with Gasteiger partial charge in [-0.3, -0.25) is 4.99 Å². The Balaban J connectivity index is 0.00000364. The topological polar surface area (TPSA) is 83.0 Å². The molecule has 1 aromatic carbocycles. The Kier molecular flexibility index (Phi) is 11.2. The molecule has 9 heteroatoms. The van der Waals surface area contributed by atoms with Gasteiger partial charge < -0.3 is 15.4 Å². The second-order valence-corrected chi connectivity index (χ2v) is 8.25. The van der Waals surface area contributed by atoms with E-state index in [1.165, 1.54) is 0 Å². The van der Waals surface area contributed by atoms with Crippen LogP contribution in [0.25, 0.3) is 0 Å². The largest absolute Gasteiger partial charge is 0.385 e. The smallest absolute Gasteiger partial charge is 0.243 e. The maximum atomic E-state index is 12.7. The van der Waals surface area contributed by atoms with Crippen LogP contribution >= 0.6 is 24.0 Å². The Morgan fingerprint density at radius 3 is 2.41 bits per heavy atom. The minimum absolute atomic E-state index is 0. The third-order valence-electron chi connectivity index (χ3n) is 4.38. The monoisotopic (exact) mass is 510 g/mol. The van der Waals surface area contributed by atoms with Crippen molar-refractivity contribution in [2.45, 2.75) is 37.1 Å². The first-order chi connectivity index (χ1) is 12.6. The molecule has 7 nitrogen and oxygen atoms in total. The summed E-state index contributed by atoms with van der Waals surface area (Å²) < 4.78 is 31.9. The number of ether oxygens (including phenoxy) is 1. The van der Waals surface area contributed by atoms with Gasteiger partial charge in [-0.05, 0) is 37.0 Å². The maximum Gasteiger partial charge on any atom is 0.243 e. The molecule has 0 amide bonds. The van der Waals surface area contributed by atoms with Gasteiger partial charge in [-0.25, -0.2) is 8.42 Å². The summed E-state index contributed by atoms with van der Waals surface area (Å²) in [5.41, 5.74) is 1.00. The zero-order valence-corrected chi connectivity index (χ0v) is 19.3. The van der Waals surface area contributed by atoms with Crippen LogP contribution in [0, 0.1) is 0 Å². The van der Waals surface area contributed by atoms with Crippen molar-refractivity contribution in [3.8, 4) is 0 Å². The molecule has 1 heterocycles. The lowest BCUT2D eigenvalue weighted by Gasteiger charge is -2.25. The van der Waals surface area contributed by atoms with Gasteiger partial charge in [0.15, 0.2) is 5.96 Å². The van der Waals surface area contributed by atoms with E-state index < -0.39 is 10.0 Å². The Morgan fingerprint density at radius 1 is 1.15 bits per heavy atom. The van der Waals surface area contributed by atoms with E-state index in [0.29, 0.717) is 37.1 Å². The number of hydrogen-bond acceptors (Lipinski definition) is 4.